The van der Waals surface area contributed by atoms with E-state index >= 15 is 0 Å². The largest absolute Gasteiger partial charge is 0.458 e. The summed E-state index contributed by atoms with van der Waals surface area (Å²) in [4.78, 5) is 82.0. The van der Waals surface area contributed by atoms with Gasteiger partial charge in [-0.05, 0) is 91.7 Å². The second kappa shape index (κ2) is 13.8. The van der Waals surface area contributed by atoms with Crippen molar-refractivity contribution in [3.05, 3.63) is 46.7 Å². The number of fused-ring (bicyclic) bond motifs is 2. The van der Waals surface area contributed by atoms with Crippen molar-refractivity contribution in [2.45, 2.75) is 111 Å². The Labute approximate surface area is 294 Å². The van der Waals surface area contributed by atoms with Crippen LogP contribution in [0.1, 0.15) is 85.8 Å². The predicted molar refractivity (Wildman–Crippen MR) is 186 cm³/mol. The Morgan fingerprint density at radius 3 is 2.04 bits per heavy atom. The fourth-order valence-electron chi connectivity index (χ4n) is 7.78. The molecule has 2 unspecified atom stereocenters. The first-order chi connectivity index (χ1) is 23.3. The molecule has 272 valence electrons. The fourth-order valence-corrected chi connectivity index (χ4v) is 7.78. The molecule has 3 aliphatic carbocycles. The number of piperidine rings is 1. The first-order valence-corrected chi connectivity index (χ1v) is 17.8. The normalized spacial score (nSPS) is 23.7. The Balaban J connectivity index is 1.45. The molecule has 1 heterocycles. The number of hydrogen-bond acceptors (Lipinski definition) is 7. The Kier molecular flexibility index (Phi) is 10.2. The fraction of sp³-hybridized carbons (Fsp3) is 0.632. The van der Waals surface area contributed by atoms with Crippen molar-refractivity contribution in [3.8, 4) is 0 Å². The molecule has 0 aromatic heterocycles. The number of amides is 5. The van der Waals surface area contributed by atoms with Crippen molar-refractivity contribution < 1.29 is 33.5 Å². The number of nitrogens with zero attached hydrogens (tertiary/aromatic N) is 1. The van der Waals surface area contributed by atoms with Gasteiger partial charge in [-0.1, -0.05) is 71.7 Å². The lowest BCUT2D eigenvalue weighted by Crippen LogP contribution is -2.57. The van der Waals surface area contributed by atoms with Gasteiger partial charge >= 0.3 is 12.0 Å². The monoisotopic (exact) mass is 691 g/mol. The minimum Gasteiger partial charge on any atom is -0.458 e. The van der Waals surface area contributed by atoms with E-state index in [1.807, 2.05) is 45.0 Å². The summed E-state index contributed by atoms with van der Waals surface area (Å²) in [7, 11) is 0. The third-order valence-corrected chi connectivity index (χ3v) is 10.4. The number of rotatable bonds is 11. The molecule has 1 aromatic carbocycles. The highest BCUT2D eigenvalue weighted by Crippen LogP contribution is 2.59. The van der Waals surface area contributed by atoms with Crippen molar-refractivity contribution in [1.29, 1.82) is 0 Å². The summed E-state index contributed by atoms with van der Waals surface area (Å²) < 4.78 is 5.61. The third kappa shape index (κ3) is 8.21. The van der Waals surface area contributed by atoms with Crippen LogP contribution in [0.25, 0.3) is 0 Å². The summed E-state index contributed by atoms with van der Waals surface area (Å²) in [6, 6.07) is 4.06. The third-order valence-electron chi connectivity index (χ3n) is 10.4. The molecule has 0 bridgehead atoms. The zero-order valence-corrected chi connectivity index (χ0v) is 30.6. The van der Waals surface area contributed by atoms with Crippen molar-refractivity contribution in [2.75, 3.05) is 6.54 Å². The number of nitrogens with one attached hydrogen (secondary N) is 3. The molecular weight excluding hydrogens is 638 g/mol. The average molecular weight is 692 g/mol. The smallest absolute Gasteiger partial charge is 0.329 e. The Morgan fingerprint density at radius 1 is 0.940 bits per heavy atom. The molecule has 5 rings (SSSR count). The van der Waals surface area contributed by atoms with Gasteiger partial charge in [0.15, 0.2) is 0 Å². The molecule has 1 saturated heterocycles. The maximum atomic E-state index is 14.7. The number of carbonyl (C=O) groups is 6. The molecule has 1 aromatic rings. The number of ketones is 1. The summed E-state index contributed by atoms with van der Waals surface area (Å²) in [5.74, 6) is -2.95. The van der Waals surface area contributed by atoms with Crippen molar-refractivity contribution >= 4 is 35.5 Å². The highest BCUT2D eigenvalue weighted by Gasteiger charge is 2.65. The van der Waals surface area contributed by atoms with Gasteiger partial charge in [0.05, 0.1) is 6.04 Å². The van der Waals surface area contributed by atoms with Crippen LogP contribution < -0.4 is 21.7 Å². The van der Waals surface area contributed by atoms with E-state index in [1.165, 1.54) is 4.90 Å². The van der Waals surface area contributed by atoms with Crippen molar-refractivity contribution in [3.63, 3.8) is 0 Å². The topological polar surface area (TPSA) is 177 Å². The number of esters is 1. The summed E-state index contributed by atoms with van der Waals surface area (Å²) >= 11 is 0. The van der Waals surface area contributed by atoms with E-state index < -0.39 is 64.6 Å². The number of nitrogens with two attached hydrogens (primary N) is 1. The Hall–Kier alpha value is -4.22. The van der Waals surface area contributed by atoms with Gasteiger partial charge in [-0.2, -0.15) is 0 Å². The quantitative estimate of drug-likeness (QED) is 0.157. The van der Waals surface area contributed by atoms with Crippen molar-refractivity contribution in [1.82, 2.24) is 20.9 Å². The molecule has 5 amide bonds. The van der Waals surface area contributed by atoms with Gasteiger partial charge in [0.1, 0.15) is 23.4 Å². The molecule has 0 spiro atoms. The van der Waals surface area contributed by atoms with Crippen LogP contribution in [0.2, 0.25) is 0 Å². The summed E-state index contributed by atoms with van der Waals surface area (Å²) in [6.45, 7) is 15.1. The van der Waals surface area contributed by atoms with Gasteiger partial charge in [-0.25, -0.2) is 9.59 Å². The number of carbonyl (C=O) groups excluding carboxylic acids is 6. The molecule has 6 atom stereocenters. The first-order valence-electron chi connectivity index (χ1n) is 17.8. The van der Waals surface area contributed by atoms with Gasteiger partial charge in [0.2, 0.25) is 11.7 Å². The summed E-state index contributed by atoms with van der Waals surface area (Å²) in [5, 5.41) is 8.36. The van der Waals surface area contributed by atoms with Crippen LogP contribution in [-0.4, -0.2) is 70.7 Å². The number of Topliss-reactive ketones (excluding diaryl/α,β-unsaturated/α-hetero) is 1. The number of benzene rings is 1. The van der Waals surface area contributed by atoms with E-state index in [-0.39, 0.29) is 35.3 Å². The maximum absolute atomic E-state index is 14.7. The SMILES string of the molecule is CC(C)C1[C@H]2[C@@H]1CN(C(=O)C(NC(=O)N[C@H](C(=O)OC(C)(C)C)C(C)(C)C)=C1Cc3ccccc3C1)[C@@H]2C(=O)NC(CC1CC1)C(=O)C(N)=O. The number of likely N-dealkylation sites (tertiary alicyclic amines) is 1. The van der Waals surface area contributed by atoms with Crippen molar-refractivity contribution in [2.24, 2.45) is 40.7 Å². The molecule has 2 saturated carbocycles. The Morgan fingerprint density at radius 2 is 1.54 bits per heavy atom. The number of allylic oxidation sites excluding steroid dienone is 1. The molecular formula is C38H53N5O7. The molecule has 12 heteroatoms. The predicted octanol–water partition coefficient (Wildman–Crippen LogP) is 3.16. The van der Waals surface area contributed by atoms with Crippen LogP contribution in [0.5, 0.6) is 0 Å². The van der Waals surface area contributed by atoms with E-state index in [0.717, 1.165) is 24.0 Å². The van der Waals surface area contributed by atoms with Crippen LogP contribution in [0.4, 0.5) is 4.79 Å². The second-order valence-electron chi connectivity index (χ2n) is 17.0. The average Bonchev–Trinajstić information content (AvgIpc) is 3.87. The van der Waals surface area contributed by atoms with Gasteiger partial charge < -0.3 is 31.3 Å². The van der Waals surface area contributed by atoms with Crippen LogP contribution in [-0.2, 0) is 41.6 Å². The second-order valence-corrected chi connectivity index (χ2v) is 17.0. The van der Waals surface area contributed by atoms with E-state index in [9.17, 15) is 28.8 Å². The Bertz CT molecular complexity index is 1570. The van der Waals surface area contributed by atoms with E-state index in [2.05, 4.69) is 29.8 Å². The van der Waals surface area contributed by atoms with Crippen LogP contribution in [0.3, 0.4) is 0 Å². The van der Waals surface area contributed by atoms with Crippen LogP contribution in [0, 0.1) is 35.0 Å². The van der Waals surface area contributed by atoms with Gasteiger partial charge in [-0.3, -0.25) is 19.2 Å². The number of hydrogen-bond donors (Lipinski definition) is 4. The molecule has 1 aliphatic heterocycles. The highest BCUT2D eigenvalue weighted by atomic mass is 16.6. The molecule has 5 N–H and O–H groups in total. The summed E-state index contributed by atoms with van der Waals surface area (Å²) in [6.07, 6.45) is 2.98. The van der Waals surface area contributed by atoms with E-state index in [4.69, 9.17) is 10.5 Å². The highest BCUT2D eigenvalue weighted by molar-refractivity contribution is 6.37. The van der Waals surface area contributed by atoms with E-state index in [0.29, 0.717) is 31.4 Å². The number of primary amides is 1. The van der Waals surface area contributed by atoms with Crippen LogP contribution >= 0.6 is 0 Å². The van der Waals surface area contributed by atoms with Crippen LogP contribution in [0.15, 0.2) is 35.5 Å². The first kappa shape index (κ1) is 37.0. The lowest BCUT2D eigenvalue weighted by atomic mass is 9.86. The maximum Gasteiger partial charge on any atom is 0.329 e. The zero-order valence-electron chi connectivity index (χ0n) is 30.6. The van der Waals surface area contributed by atoms with Gasteiger partial charge in [-0.15, -0.1) is 0 Å². The molecule has 3 fully saturated rings. The standard InChI is InChI=1S/C38H53N5O7/c1-19(2)26-24-18-43(29(27(24)26)33(46)40-25(15-20-13-14-20)30(44)32(39)45)34(47)28(23-16-21-11-9-10-12-22(21)17-23)41-36(49)42-31(37(3,4)5)35(48)50-38(6,7)8/h9-12,19-20,24-27,29,31H,13-18H2,1-8H3,(H2,39,45)(H,40,46)(H2,41,42,49)/t24-,25?,26?,27-,29+,31-/m1/s1. The molecule has 12 nitrogen and oxygen atoms in total. The number of urea groups is 1. The van der Waals surface area contributed by atoms with Gasteiger partial charge in [0, 0.05) is 6.54 Å². The number of ether oxygens (including phenoxy) is 1. The lowest BCUT2D eigenvalue weighted by molar-refractivity contribution is -0.160. The zero-order chi connectivity index (χ0) is 36.9. The van der Waals surface area contributed by atoms with Gasteiger partial charge in [0.25, 0.3) is 11.8 Å². The molecule has 0 radical (unpaired) electrons. The van der Waals surface area contributed by atoms with E-state index in [1.54, 1.807) is 20.8 Å². The molecule has 50 heavy (non-hydrogen) atoms. The minimum atomic E-state index is -1.11. The molecule has 4 aliphatic rings. The minimum absolute atomic E-state index is 0.0542. The lowest BCUT2D eigenvalue weighted by Gasteiger charge is -2.33. The summed E-state index contributed by atoms with van der Waals surface area (Å²) in [5.41, 5.74) is 6.66.